The first-order chi connectivity index (χ1) is 8.34. The Hall–Kier alpha value is -0.630. The quantitative estimate of drug-likeness (QED) is 0.697. The highest BCUT2D eigenvalue weighted by Gasteiger charge is 2.48. The average molecular weight is 251 g/mol. The van der Waals surface area contributed by atoms with Crippen LogP contribution in [0.3, 0.4) is 0 Å². The molecule has 0 bridgehead atoms. The largest absolute Gasteiger partial charge is 0.368 e. The minimum atomic E-state index is -0.0686. The molecule has 0 amide bonds. The summed E-state index contributed by atoms with van der Waals surface area (Å²) in [6, 6.07) is 2.73. The molecule has 2 saturated heterocycles. The highest BCUT2D eigenvalue weighted by Crippen LogP contribution is 2.40. The molecule has 1 unspecified atom stereocenters. The SMILES string of the molecule is CC1(C)CC(N2CCN(CC#N)CC2)C(C)(C)O1. The van der Waals surface area contributed by atoms with Crippen molar-refractivity contribution >= 4 is 0 Å². The predicted molar refractivity (Wildman–Crippen MR) is 71.3 cm³/mol. The molecular weight excluding hydrogens is 226 g/mol. The van der Waals surface area contributed by atoms with Gasteiger partial charge in [0, 0.05) is 32.2 Å². The molecule has 0 aromatic rings. The third kappa shape index (κ3) is 2.85. The highest BCUT2D eigenvalue weighted by molar-refractivity contribution is 5.01. The van der Waals surface area contributed by atoms with E-state index in [1.807, 2.05) is 0 Å². The van der Waals surface area contributed by atoms with Crippen molar-refractivity contribution in [1.82, 2.24) is 9.80 Å². The van der Waals surface area contributed by atoms with Gasteiger partial charge in [0.15, 0.2) is 0 Å². The fourth-order valence-corrected chi connectivity index (χ4v) is 3.44. The first-order valence-electron chi connectivity index (χ1n) is 6.88. The van der Waals surface area contributed by atoms with Crippen molar-refractivity contribution in [2.24, 2.45) is 0 Å². The summed E-state index contributed by atoms with van der Waals surface area (Å²) in [4.78, 5) is 4.77. The van der Waals surface area contributed by atoms with Gasteiger partial charge >= 0.3 is 0 Å². The summed E-state index contributed by atoms with van der Waals surface area (Å²) in [5.41, 5.74) is -0.0845. The lowest BCUT2D eigenvalue weighted by Crippen LogP contribution is -2.54. The van der Waals surface area contributed by atoms with Crippen LogP contribution < -0.4 is 0 Å². The van der Waals surface area contributed by atoms with Crippen molar-refractivity contribution in [2.75, 3.05) is 32.7 Å². The molecule has 2 heterocycles. The Morgan fingerprint density at radius 1 is 1.17 bits per heavy atom. The van der Waals surface area contributed by atoms with Crippen LogP contribution in [0.5, 0.6) is 0 Å². The molecule has 0 spiro atoms. The van der Waals surface area contributed by atoms with E-state index in [0.717, 1.165) is 32.6 Å². The summed E-state index contributed by atoms with van der Waals surface area (Å²) in [5, 5.41) is 8.72. The third-order valence-corrected chi connectivity index (χ3v) is 4.17. The lowest BCUT2D eigenvalue weighted by atomic mass is 9.92. The van der Waals surface area contributed by atoms with Gasteiger partial charge in [-0.15, -0.1) is 0 Å². The number of nitrogens with zero attached hydrogens (tertiary/aromatic N) is 3. The van der Waals surface area contributed by atoms with Crippen molar-refractivity contribution in [1.29, 1.82) is 5.26 Å². The summed E-state index contributed by atoms with van der Waals surface area (Å²) < 4.78 is 6.17. The minimum absolute atomic E-state index is 0.0159. The molecule has 0 aliphatic carbocycles. The summed E-state index contributed by atoms with van der Waals surface area (Å²) in [6.07, 6.45) is 1.10. The molecule has 2 rings (SSSR count). The molecule has 2 fully saturated rings. The number of piperazine rings is 1. The van der Waals surface area contributed by atoms with Crippen LogP contribution in [0.2, 0.25) is 0 Å². The second kappa shape index (κ2) is 4.80. The Morgan fingerprint density at radius 3 is 2.22 bits per heavy atom. The molecule has 4 nitrogen and oxygen atoms in total. The van der Waals surface area contributed by atoms with Gasteiger partial charge in [0.1, 0.15) is 0 Å². The van der Waals surface area contributed by atoms with Crippen LogP contribution in [0.4, 0.5) is 0 Å². The van der Waals surface area contributed by atoms with Crippen molar-refractivity contribution in [3.05, 3.63) is 0 Å². The molecule has 102 valence electrons. The zero-order valence-electron chi connectivity index (χ0n) is 12.1. The predicted octanol–water partition coefficient (Wildman–Crippen LogP) is 1.47. The van der Waals surface area contributed by atoms with E-state index < -0.39 is 0 Å². The Bertz CT molecular complexity index is 337. The van der Waals surface area contributed by atoms with Gasteiger partial charge in [-0.25, -0.2) is 0 Å². The third-order valence-electron chi connectivity index (χ3n) is 4.17. The molecule has 1 atom stereocenters. The molecule has 4 heteroatoms. The summed E-state index contributed by atoms with van der Waals surface area (Å²) in [6.45, 7) is 13.4. The van der Waals surface area contributed by atoms with Crippen molar-refractivity contribution in [3.8, 4) is 6.07 Å². The van der Waals surface area contributed by atoms with Gasteiger partial charge in [0.05, 0.1) is 23.8 Å². The zero-order chi connectivity index (χ0) is 13.4. The fraction of sp³-hybridized carbons (Fsp3) is 0.929. The van der Waals surface area contributed by atoms with Crippen LogP contribution in [0.1, 0.15) is 34.1 Å². The smallest absolute Gasteiger partial charge is 0.0866 e. The Labute approximate surface area is 110 Å². The van der Waals surface area contributed by atoms with Crippen LogP contribution in [-0.4, -0.2) is 59.8 Å². The van der Waals surface area contributed by atoms with E-state index in [1.54, 1.807) is 0 Å². The molecule has 0 aromatic carbocycles. The van der Waals surface area contributed by atoms with Crippen LogP contribution >= 0.6 is 0 Å². The van der Waals surface area contributed by atoms with Gasteiger partial charge in [-0.3, -0.25) is 9.80 Å². The van der Waals surface area contributed by atoms with Crippen molar-refractivity contribution < 1.29 is 4.74 Å². The van der Waals surface area contributed by atoms with Gasteiger partial charge in [0.25, 0.3) is 0 Å². The number of hydrogen-bond donors (Lipinski definition) is 0. The molecule has 0 aromatic heterocycles. The van der Waals surface area contributed by atoms with Crippen LogP contribution in [0, 0.1) is 11.3 Å². The maximum absolute atomic E-state index is 8.72. The lowest BCUT2D eigenvalue weighted by Gasteiger charge is -2.41. The Kier molecular flexibility index (Phi) is 3.68. The first-order valence-corrected chi connectivity index (χ1v) is 6.88. The standard InChI is InChI=1S/C14H25N3O/c1-13(2)11-12(14(3,4)18-13)17-9-7-16(6-5-15)8-10-17/h12H,6-11H2,1-4H3. The van der Waals surface area contributed by atoms with E-state index in [1.165, 1.54) is 0 Å². The van der Waals surface area contributed by atoms with E-state index in [0.29, 0.717) is 12.6 Å². The zero-order valence-corrected chi connectivity index (χ0v) is 12.1. The number of hydrogen-bond acceptors (Lipinski definition) is 4. The first kappa shape index (κ1) is 13.8. The van der Waals surface area contributed by atoms with Gasteiger partial charge in [0.2, 0.25) is 0 Å². The molecule has 18 heavy (non-hydrogen) atoms. The van der Waals surface area contributed by atoms with E-state index in [9.17, 15) is 0 Å². The maximum Gasteiger partial charge on any atom is 0.0866 e. The normalized spacial score (nSPS) is 32.3. The molecular formula is C14H25N3O. The Morgan fingerprint density at radius 2 is 1.78 bits per heavy atom. The van der Waals surface area contributed by atoms with Crippen LogP contribution in [-0.2, 0) is 4.74 Å². The van der Waals surface area contributed by atoms with Crippen LogP contribution in [0.15, 0.2) is 0 Å². The summed E-state index contributed by atoms with van der Waals surface area (Å²) in [7, 11) is 0. The second-order valence-corrected chi connectivity index (χ2v) is 6.66. The number of ether oxygens (including phenoxy) is 1. The average Bonchev–Trinajstić information content (AvgIpc) is 2.48. The Balaban J connectivity index is 1.96. The number of nitriles is 1. The minimum Gasteiger partial charge on any atom is -0.368 e. The van der Waals surface area contributed by atoms with Crippen molar-refractivity contribution in [2.45, 2.75) is 51.4 Å². The maximum atomic E-state index is 8.72. The van der Waals surface area contributed by atoms with Crippen molar-refractivity contribution in [3.63, 3.8) is 0 Å². The molecule has 0 N–H and O–H groups in total. The lowest BCUT2D eigenvalue weighted by molar-refractivity contribution is -0.0833. The van der Waals surface area contributed by atoms with Gasteiger partial charge in [-0.05, 0) is 34.1 Å². The monoisotopic (exact) mass is 251 g/mol. The van der Waals surface area contributed by atoms with E-state index in [2.05, 4.69) is 43.6 Å². The summed E-state index contributed by atoms with van der Waals surface area (Å²) >= 11 is 0. The van der Waals surface area contributed by atoms with Gasteiger partial charge < -0.3 is 4.74 Å². The van der Waals surface area contributed by atoms with Gasteiger partial charge in [-0.1, -0.05) is 0 Å². The molecule has 0 saturated carbocycles. The molecule has 0 radical (unpaired) electrons. The summed E-state index contributed by atoms with van der Waals surface area (Å²) in [5.74, 6) is 0. The fourth-order valence-electron chi connectivity index (χ4n) is 3.44. The van der Waals surface area contributed by atoms with E-state index in [-0.39, 0.29) is 11.2 Å². The number of rotatable bonds is 2. The van der Waals surface area contributed by atoms with Crippen LogP contribution in [0.25, 0.3) is 0 Å². The second-order valence-electron chi connectivity index (χ2n) is 6.66. The highest BCUT2D eigenvalue weighted by atomic mass is 16.5. The van der Waals surface area contributed by atoms with E-state index in [4.69, 9.17) is 10.00 Å². The van der Waals surface area contributed by atoms with Gasteiger partial charge in [-0.2, -0.15) is 5.26 Å². The molecule has 2 aliphatic rings. The topological polar surface area (TPSA) is 39.5 Å². The van der Waals surface area contributed by atoms with E-state index >= 15 is 0 Å². The molecule has 2 aliphatic heterocycles.